The lowest BCUT2D eigenvalue weighted by Crippen LogP contribution is -2.19. The van der Waals surface area contributed by atoms with Crippen molar-refractivity contribution in [3.05, 3.63) is 74.7 Å². The molecule has 3 rings (SSSR count). The standard InChI is InChI=1S/C26H28Br2O3S/c1-25(2,3)19-14-16(12-13-20(19)27)18-15-21(29)23(28)22(26(4,5)6)24(18)32(30,31)17-10-8-7-9-11-17/h7-15,29H,1-6H3. The van der Waals surface area contributed by atoms with Gasteiger partial charge in [0.1, 0.15) is 5.75 Å². The fourth-order valence-corrected chi connectivity index (χ4v) is 7.55. The Hall–Kier alpha value is -1.63. The van der Waals surface area contributed by atoms with Crippen molar-refractivity contribution < 1.29 is 13.5 Å². The molecule has 0 spiro atoms. The molecular formula is C26H28Br2O3S. The van der Waals surface area contributed by atoms with Crippen molar-refractivity contribution in [1.82, 2.24) is 0 Å². The molecule has 3 aromatic rings. The summed E-state index contributed by atoms with van der Waals surface area (Å²) in [6, 6.07) is 15.8. The van der Waals surface area contributed by atoms with E-state index in [0.29, 0.717) is 15.6 Å². The minimum atomic E-state index is -3.88. The van der Waals surface area contributed by atoms with Crippen LogP contribution in [0.5, 0.6) is 5.75 Å². The second-order valence-corrected chi connectivity index (χ2v) is 13.5. The number of sulfone groups is 1. The summed E-state index contributed by atoms with van der Waals surface area (Å²) in [7, 11) is -3.88. The number of halogens is 2. The summed E-state index contributed by atoms with van der Waals surface area (Å²) in [5.41, 5.74) is 2.12. The van der Waals surface area contributed by atoms with Gasteiger partial charge < -0.3 is 5.11 Å². The van der Waals surface area contributed by atoms with Gasteiger partial charge in [0.2, 0.25) is 9.84 Å². The summed E-state index contributed by atoms with van der Waals surface area (Å²) in [4.78, 5) is 0.431. The van der Waals surface area contributed by atoms with E-state index in [1.165, 1.54) is 0 Å². The first-order valence-electron chi connectivity index (χ1n) is 10.3. The average molecular weight is 580 g/mol. The zero-order chi connectivity index (χ0) is 24.1. The summed E-state index contributed by atoms with van der Waals surface area (Å²) in [6.07, 6.45) is 0. The molecule has 0 amide bonds. The van der Waals surface area contributed by atoms with Crippen LogP contribution in [0, 0.1) is 0 Å². The molecule has 0 aliphatic carbocycles. The molecular weight excluding hydrogens is 552 g/mol. The molecule has 0 saturated carbocycles. The first kappa shape index (κ1) is 25.0. The van der Waals surface area contributed by atoms with E-state index in [9.17, 15) is 13.5 Å². The van der Waals surface area contributed by atoms with Crippen molar-refractivity contribution >= 4 is 41.7 Å². The first-order chi connectivity index (χ1) is 14.7. The van der Waals surface area contributed by atoms with E-state index in [4.69, 9.17) is 0 Å². The highest BCUT2D eigenvalue weighted by molar-refractivity contribution is 9.11. The van der Waals surface area contributed by atoms with E-state index in [1.54, 1.807) is 36.4 Å². The van der Waals surface area contributed by atoms with Gasteiger partial charge in [-0.3, -0.25) is 0 Å². The third-order valence-electron chi connectivity index (χ3n) is 5.35. The maximum Gasteiger partial charge on any atom is 0.207 e. The van der Waals surface area contributed by atoms with Crippen LogP contribution in [-0.4, -0.2) is 13.5 Å². The van der Waals surface area contributed by atoms with Crippen LogP contribution in [0.15, 0.2) is 73.3 Å². The van der Waals surface area contributed by atoms with E-state index in [2.05, 4.69) is 52.6 Å². The minimum absolute atomic E-state index is 0.0113. The van der Waals surface area contributed by atoms with Crippen molar-refractivity contribution in [2.24, 2.45) is 0 Å². The predicted molar refractivity (Wildman–Crippen MR) is 138 cm³/mol. The number of hydrogen-bond acceptors (Lipinski definition) is 3. The summed E-state index contributed by atoms with van der Waals surface area (Å²) in [5.74, 6) is 0.0113. The molecule has 0 aliphatic rings. The molecule has 170 valence electrons. The number of hydrogen-bond donors (Lipinski definition) is 1. The minimum Gasteiger partial charge on any atom is -0.507 e. The van der Waals surface area contributed by atoms with E-state index in [1.807, 2.05) is 39.0 Å². The average Bonchev–Trinajstić information content (AvgIpc) is 2.68. The van der Waals surface area contributed by atoms with Crippen LogP contribution in [0.3, 0.4) is 0 Å². The molecule has 0 heterocycles. The zero-order valence-electron chi connectivity index (χ0n) is 19.1. The number of phenols is 1. The Morgan fingerprint density at radius 1 is 0.812 bits per heavy atom. The first-order valence-corrected chi connectivity index (χ1v) is 13.4. The lowest BCUT2D eigenvalue weighted by molar-refractivity contribution is 0.464. The molecule has 6 heteroatoms. The highest BCUT2D eigenvalue weighted by Crippen LogP contribution is 2.47. The van der Waals surface area contributed by atoms with E-state index >= 15 is 0 Å². The molecule has 3 nitrogen and oxygen atoms in total. The van der Waals surface area contributed by atoms with Crippen LogP contribution in [0.4, 0.5) is 0 Å². The lowest BCUT2D eigenvalue weighted by atomic mass is 9.83. The monoisotopic (exact) mass is 578 g/mol. The molecule has 0 saturated heterocycles. The number of benzene rings is 3. The Labute approximate surface area is 208 Å². The predicted octanol–water partition coefficient (Wildman–Crippen LogP) is 8.01. The molecule has 32 heavy (non-hydrogen) atoms. The quantitative estimate of drug-likeness (QED) is 0.342. The topological polar surface area (TPSA) is 54.4 Å². The molecule has 0 unspecified atom stereocenters. The highest BCUT2D eigenvalue weighted by Gasteiger charge is 2.34. The van der Waals surface area contributed by atoms with Gasteiger partial charge in [-0.2, -0.15) is 0 Å². The third-order valence-corrected chi connectivity index (χ3v) is 8.70. The van der Waals surface area contributed by atoms with Gasteiger partial charge in [0, 0.05) is 10.0 Å². The molecule has 0 fully saturated rings. The molecule has 0 aliphatic heterocycles. The maximum atomic E-state index is 14.0. The van der Waals surface area contributed by atoms with E-state index in [-0.39, 0.29) is 21.0 Å². The number of aromatic hydroxyl groups is 1. The van der Waals surface area contributed by atoms with Crippen molar-refractivity contribution in [2.75, 3.05) is 0 Å². The fourth-order valence-electron chi connectivity index (χ4n) is 3.78. The summed E-state index contributed by atoms with van der Waals surface area (Å²) >= 11 is 7.11. The van der Waals surface area contributed by atoms with Gasteiger partial charge in [-0.1, -0.05) is 81.7 Å². The molecule has 0 bridgehead atoms. The van der Waals surface area contributed by atoms with Gasteiger partial charge in [-0.05, 0) is 73.8 Å². The zero-order valence-corrected chi connectivity index (χ0v) is 23.1. The third kappa shape index (κ3) is 4.68. The van der Waals surface area contributed by atoms with Gasteiger partial charge in [-0.25, -0.2) is 8.42 Å². The molecule has 0 atom stereocenters. The SMILES string of the molecule is CC(C)(C)c1cc(-c2cc(O)c(Br)c(C(C)(C)C)c2S(=O)(=O)c2ccccc2)ccc1Br. The van der Waals surface area contributed by atoms with Crippen molar-refractivity contribution in [3.63, 3.8) is 0 Å². The Bertz CT molecular complexity index is 1270. The second kappa shape index (κ2) is 8.62. The summed E-state index contributed by atoms with van der Waals surface area (Å²) in [5, 5.41) is 10.8. The highest BCUT2D eigenvalue weighted by atomic mass is 79.9. The largest absolute Gasteiger partial charge is 0.507 e. The van der Waals surface area contributed by atoms with Crippen LogP contribution < -0.4 is 0 Å². The Morgan fingerprint density at radius 3 is 1.94 bits per heavy atom. The van der Waals surface area contributed by atoms with Crippen LogP contribution in [0.1, 0.15) is 52.7 Å². The molecule has 1 N–H and O–H groups in total. The Balaban J connectivity index is 2.50. The summed E-state index contributed by atoms with van der Waals surface area (Å²) < 4.78 is 29.3. The molecule has 0 aromatic heterocycles. The van der Waals surface area contributed by atoms with Gasteiger partial charge in [0.25, 0.3) is 0 Å². The Kier molecular flexibility index (Phi) is 6.73. The van der Waals surface area contributed by atoms with Crippen LogP contribution in [0.25, 0.3) is 11.1 Å². The van der Waals surface area contributed by atoms with Gasteiger partial charge in [-0.15, -0.1) is 0 Å². The number of phenolic OH excluding ortho intramolecular Hbond substituents is 1. The normalized spacial score (nSPS) is 12.8. The van der Waals surface area contributed by atoms with Crippen LogP contribution in [0.2, 0.25) is 0 Å². The van der Waals surface area contributed by atoms with Gasteiger partial charge in [0.05, 0.1) is 14.3 Å². The van der Waals surface area contributed by atoms with Gasteiger partial charge >= 0.3 is 0 Å². The lowest BCUT2D eigenvalue weighted by Gasteiger charge is -2.28. The van der Waals surface area contributed by atoms with Crippen molar-refractivity contribution in [3.8, 4) is 16.9 Å². The summed E-state index contributed by atoms with van der Waals surface area (Å²) in [6.45, 7) is 12.2. The fraction of sp³-hybridized carbons (Fsp3) is 0.308. The van der Waals surface area contributed by atoms with E-state index in [0.717, 1.165) is 15.6 Å². The van der Waals surface area contributed by atoms with Crippen LogP contribution in [-0.2, 0) is 20.7 Å². The van der Waals surface area contributed by atoms with Crippen LogP contribution >= 0.6 is 31.9 Å². The van der Waals surface area contributed by atoms with Gasteiger partial charge in [0.15, 0.2) is 0 Å². The Morgan fingerprint density at radius 2 is 1.41 bits per heavy atom. The number of rotatable bonds is 3. The van der Waals surface area contributed by atoms with Crippen molar-refractivity contribution in [1.29, 1.82) is 0 Å². The molecule has 3 aromatic carbocycles. The smallest absolute Gasteiger partial charge is 0.207 e. The molecule has 0 radical (unpaired) electrons. The second-order valence-electron chi connectivity index (χ2n) is 9.97. The van der Waals surface area contributed by atoms with E-state index < -0.39 is 15.3 Å². The maximum absolute atomic E-state index is 14.0. The van der Waals surface area contributed by atoms with Crippen molar-refractivity contribution in [2.45, 2.75) is 62.2 Å².